The summed E-state index contributed by atoms with van der Waals surface area (Å²) in [5.74, 6) is 0.364. The highest BCUT2D eigenvalue weighted by Gasteiger charge is 2.31. The van der Waals surface area contributed by atoms with Gasteiger partial charge >= 0.3 is 12.1 Å². The second kappa shape index (κ2) is 10.9. The van der Waals surface area contributed by atoms with Gasteiger partial charge in [0.25, 0.3) is 0 Å². The number of hydrogen-bond acceptors (Lipinski definition) is 5. The van der Waals surface area contributed by atoms with E-state index < -0.39 is 29.8 Å². The van der Waals surface area contributed by atoms with Crippen LogP contribution >= 0.6 is 0 Å². The van der Waals surface area contributed by atoms with E-state index in [1.165, 1.54) is 0 Å². The highest BCUT2D eigenvalue weighted by atomic mass is 16.6. The number of carbonyl (C=O) groups excluding carboxylic acids is 2. The predicted octanol–water partition coefficient (Wildman–Crippen LogP) is 4.72. The minimum absolute atomic E-state index is 0.138. The SMILES string of the molecule is CCC[C@H](OC(=O)[C@H](C)NC(=O)OC(C)(C)C)[C@H](Oc1ccccc1)C(C)C. The molecule has 0 saturated heterocycles. The van der Waals surface area contributed by atoms with E-state index in [-0.39, 0.29) is 12.0 Å². The molecule has 0 heterocycles. The van der Waals surface area contributed by atoms with Gasteiger partial charge in [-0.3, -0.25) is 0 Å². The molecule has 0 saturated carbocycles. The molecule has 1 aromatic carbocycles. The van der Waals surface area contributed by atoms with Crippen molar-refractivity contribution in [3.05, 3.63) is 30.3 Å². The first kappa shape index (κ1) is 23.8. The van der Waals surface area contributed by atoms with Crippen LogP contribution in [0.5, 0.6) is 5.75 Å². The summed E-state index contributed by atoms with van der Waals surface area (Å²) in [4.78, 5) is 24.5. The molecule has 0 aliphatic heterocycles. The number of benzene rings is 1. The number of ether oxygens (including phenoxy) is 3. The smallest absolute Gasteiger partial charge is 0.408 e. The Morgan fingerprint density at radius 1 is 1.07 bits per heavy atom. The zero-order valence-corrected chi connectivity index (χ0v) is 18.2. The van der Waals surface area contributed by atoms with Crippen molar-refractivity contribution in [2.24, 2.45) is 5.92 Å². The molecule has 0 spiro atoms. The third-order valence-corrected chi connectivity index (χ3v) is 3.97. The molecular formula is C22H35NO5. The Kier molecular flexibility index (Phi) is 9.29. The maximum atomic E-state index is 12.6. The molecule has 1 rings (SSSR count). The molecule has 6 nitrogen and oxygen atoms in total. The van der Waals surface area contributed by atoms with Gasteiger partial charge in [0.05, 0.1) is 0 Å². The van der Waals surface area contributed by atoms with Crippen LogP contribution in [0.1, 0.15) is 61.3 Å². The van der Waals surface area contributed by atoms with Gasteiger partial charge in [-0.1, -0.05) is 45.4 Å². The van der Waals surface area contributed by atoms with E-state index in [2.05, 4.69) is 5.32 Å². The van der Waals surface area contributed by atoms with Crippen LogP contribution in [0.15, 0.2) is 30.3 Å². The van der Waals surface area contributed by atoms with Crippen molar-refractivity contribution < 1.29 is 23.8 Å². The highest BCUT2D eigenvalue weighted by Crippen LogP contribution is 2.22. The molecule has 158 valence electrons. The normalized spacial score (nSPS) is 14.7. The van der Waals surface area contributed by atoms with E-state index in [1.807, 2.05) is 51.1 Å². The van der Waals surface area contributed by atoms with Gasteiger partial charge in [-0.2, -0.15) is 0 Å². The van der Waals surface area contributed by atoms with E-state index in [0.717, 1.165) is 12.2 Å². The summed E-state index contributed by atoms with van der Waals surface area (Å²) in [5.41, 5.74) is -0.634. The lowest BCUT2D eigenvalue weighted by molar-refractivity contribution is -0.158. The third-order valence-electron chi connectivity index (χ3n) is 3.97. The number of alkyl carbamates (subject to hydrolysis) is 1. The second-order valence-electron chi connectivity index (χ2n) is 8.27. The fourth-order valence-corrected chi connectivity index (χ4v) is 2.67. The summed E-state index contributed by atoms with van der Waals surface area (Å²) in [7, 11) is 0. The fraction of sp³-hybridized carbons (Fsp3) is 0.636. The molecule has 0 radical (unpaired) electrons. The molecule has 1 amide bonds. The maximum absolute atomic E-state index is 12.6. The standard InChI is InChI=1S/C22H35NO5/c1-8-12-18(19(15(2)3)26-17-13-10-9-11-14-17)27-20(24)16(4)23-21(25)28-22(5,6)7/h9-11,13-16,18-19H,8,12H2,1-7H3,(H,23,25)/t16-,18-,19+/m0/s1. The molecule has 0 aromatic heterocycles. The number of rotatable bonds is 9. The van der Waals surface area contributed by atoms with Gasteiger partial charge in [-0.05, 0) is 52.2 Å². The molecule has 0 aliphatic carbocycles. The van der Waals surface area contributed by atoms with Crippen LogP contribution < -0.4 is 10.1 Å². The number of nitrogens with one attached hydrogen (secondary N) is 1. The van der Waals surface area contributed by atoms with Gasteiger partial charge in [0.2, 0.25) is 0 Å². The quantitative estimate of drug-likeness (QED) is 0.615. The van der Waals surface area contributed by atoms with E-state index in [9.17, 15) is 9.59 Å². The summed E-state index contributed by atoms with van der Waals surface area (Å²) in [6.07, 6.45) is 0.152. The van der Waals surface area contributed by atoms with Crippen molar-refractivity contribution in [1.82, 2.24) is 5.32 Å². The number of para-hydroxylation sites is 1. The first-order valence-electron chi connectivity index (χ1n) is 9.95. The Hall–Kier alpha value is -2.24. The first-order valence-corrected chi connectivity index (χ1v) is 9.95. The average Bonchev–Trinajstić information content (AvgIpc) is 2.58. The fourth-order valence-electron chi connectivity index (χ4n) is 2.67. The molecule has 28 heavy (non-hydrogen) atoms. The molecule has 0 fully saturated rings. The van der Waals surface area contributed by atoms with Gasteiger partial charge in [-0.15, -0.1) is 0 Å². The Bertz CT molecular complexity index is 609. The maximum Gasteiger partial charge on any atom is 0.408 e. The number of carbonyl (C=O) groups is 2. The van der Waals surface area contributed by atoms with Gasteiger partial charge in [0, 0.05) is 0 Å². The monoisotopic (exact) mass is 393 g/mol. The molecule has 3 atom stereocenters. The lowest BCUT2D eigenvalue weighted by Crippen LogP contribution is -2.46. The van der Waals surface area contributed by atoms with Crippen LogP contribution in [0.4, 0.5) is 4.79 Å². The summed E-state index contributed by atoms with van der Waals surface area (Å²) < 4.78 is 17.1. The zero-order chi connectivity index (χ0) is 21.3. The molecule has 0 aliphatic rings. The van der Waals surface area contributed by atoms with E-state index >= 15 is 0 Å². The highest BCUT2D eigenvalue weighted by molar-refractivity contribution is 5.81. The van der Waals surface area contributed by atoms with Crippen molar-refractivity contribution in [3.63, 3.8) is 0 Å². The first-order chi connectivity index (χ1) is 13.0. The number of esters is 1. The third kappa shape index (κ3) is 8.63. The van der Waals surface area contributed by atoms with Gasteiger partial charge < -0.3 is 19.5 Å². The number of amides is 1. The van der Waals surface area contributed by atoms with Crippen molar-refractivity contribution in [1.29, 1.82) is 0 Å². The minimum atomic E-state index is -0.821. The summed E-state index contributed by atoms with van der Waals surface area (Å²) in [6, 6.07) is 8.67. The molecule has 1 aromatic rings. The molecule has 6 heteroatoms. The predicted molar refractivity (Wildman–Crippen MR) is 109 cm³/mol. The average molecular weight is 394 g/mol. The van der Waals surface area contributed by atoms with E-state index in [1.54, 1.807) is 27.7 Å². The van der Waals surface area contributed by atoms with Crippen molar-refractivity contribution in [3.8, 4) is 5.75 Å². The van der Waals surface area contributed by atoms with Crippen LogP contribution in [-0.2, 0) is 14.3 Å². The Morgan fingerprint density at radius 3 is 2.18 bits per heavy atom. The van der Waals surface area contributed by atoms with Gasteiger partial charge in [0.1, 0.15) is 29.6 Å². The van der Waals surface area contributed by atoms with Crippen molar-refractivity contribution >= 4 is 12.1 Å². The molecule has 0 unspecified atom stereocenters. The largest absolute Gasteiger partial charge is 0.486 e. The molecule has 1 N–H and O–H groups in total. The lowest BCUT2D eigenvalue weighted by Gasteiger charge is -2.31. The topological polar surface area (TPSA) is 73.9 Å². The molecule has 0 bridgehead atoms. The van der Waals surface area contributed by atoms with E-state index in [4.69, 9.17) is 14.2 Å². The van der Waals surface area contributed by atoms with Crippen LogP contribution in [0.3, 0.4) is 0 Å². The second-order valence-corrected chi connectivity index (χ2v) is 8.27. The Labute approximate surface area is 168 Å². The lowest BCUT2D eigenvalue weighted by atomic mass is 9.98. The van der Waals surface area contributed by atoms with E-state index in [0.29, 0.717) is 6.42 Å². The van der Waals surface area contributed by atoms with Crippen LogP contribution in [0.2, 0.25) is 0 Å². The Morgan fingerprint density at radius 2 is 1.68 bits per heavy atom. The summed E-state index contributed by atoms with van der Waals surface area (Å²) >= 11 is 0. The van der Waals surface area contributed by atoms with Crippen LogP contribution in [0.25, 0.3) is 0 Å². The molecular weight excluding hydrogens is 358 g/mol. The van der Waals surface area contributed by atoms with Gasteiger partial charge in [-0.25, -0.2) is 9.59 Å². The minimum Gasteiger partial charge on any atom is -0.486 e. The van der Waals surface area contributed by atoms with Crippen LogP contribution in [-0.4, -0.2) is 35.9 Å². The van der Waals surface area contributed by atoms with Crippen LogP contribution in [0, 0.1) is 5.92 Å². The zero-order valence-electron chi connectivity index (χ0n) is 18.2. The summed E-state index contributed by atoms with van der Waals surface area (Å²) in [6.45, 7) is 13.0. The van der Waals surface area contributed by atoms with Crippen molar-refractivity contribution in [2.45, 2.75) is 85.2 Å². The number of hydrogen-bond donors (Lipinski definition) is 1. The van der Waals surface area contributed by atoms with Crippen molar-refractivity contribution in [2.75, 3.05) is 0 Å². The Balaban J connectivity index is 2.79. The van der Waals surface area contributed by atoms with Gasteiger partial charge in [0.15, 0.2) is 0 Å². The summed E-state index contributed by atoms with van der Waals surface area (Å²) in [5, 5.41) is 2.53.